The highest BCUT2D eigenvalue weighted by Gasteiger charge is 2.20. The minimum Gasteiger partial charge on any atom is -0.466 e. The van der Waals surface area contributed by atoms with Crippen LogP contribution < -0.4 is 0 Å². The van der Waals surface area contributed by atoms with Crippen molar-refractivity contribution in [1.82, 2.24) is 4.90 Å². The lowest BCUT2D eigenvalue weighted by Gasteiger charge is -2.27. The number of ether oxygens (including phenoxy) is 1. The third-order valence-electron chi connectivity index (χ3n) is 3.97. The van der Waals surface area contributed by atoms with Gasteiger partial charge in [0.15, 0.2) is 0 Å². The second-order valence-electron chi connectivity index (χ2n) is 6.28. The van der Waals surface area contributed by atoms with E-state index in [4.69, 9.17) is 4.74 Å². The number of rotatable bonds is 10. The van der Waals surface area contributed by atoms with Gasteiger partial charge in [0.1, 0.15) is 0 Å². The molecular formula is C16H31NO2S2. The van der Waals surface area contributed by atoms with Gasteiger partial charge in [0.05, 0.1) is 13.0 Å². The van der Waals surface area contributed by atoms with Crippen LogP contribution in [0.2, 0.25) is 0 Å². The molecule has 0 aromatic heterocycles. The van der Waals surface area contributed by atoms with Crippen LogP contribution in [0.25, 0.3) is 0 Å². The van der Waals surface area contributed by atoms with Crippen molar-refractivity contribution in [3.05, 3.63) is 0 Å². The molecule has 0 aromatic carbocycles. The van der Waals surface area contributed by atoms with E-state index in [0.717, 1.165) is 36.3 Å². The number of carbonyl (C=O) groups excluding carboxylic acids is 1. The van der Waals surface area contributed by atoms with E-state index in [0.29, 0.717) is 13.0 Å². The van der Waals surface area contributed by atoms with Crippen LogP contribution in [0.1, 0.15) is 38.5 Å². The zero-order valence-electron chi connectivity index (χ0n) is 13.6. The molecule has 0 spiro atoms. The molecule has 5 heteroatoms. The maximum Gasteiger partial charge on any atom is 0.306 e. The molecule has 1 rings (SSSR count). The zero-order valence-corrected chi connectivity index (χ0v) is 15.3. The molecule has 2 atom stereocenters. The Kier molecular flexibility index (Phi) is 10.7. The Hall–Kier alpha value is 0.130. The normalized spacial score (nSPS) is 22.5. The summed E-state index contributed by atoms with van der Waals surface area (Å²) >= 11 is 6.33. The largest absolute Gasteiger partial charge is 0.466 e. The standard InChI is InChI=1S/C16H31NO2S2/c1-17(2)8-4-9-19-16(18)7-10-21-13-15-6-3-5-14(11-15)12-20/h14-15,20H,3-13H2,1-2H3. The maximum atomic E-state index is 11.6. The van der Waals surface area contributed by atoms with Crippen LogP contribution in [-0.4, -0.2) is 55.4 Å². The van der Waals surface area contributed by atoms with Gasteiger partial charge in [-0.2, -0.15) is 24.4 Å². The molecule has 2 unspecified atom stereocenters. The predicted molar refractivity (Wildman–Crippen MR) is 95.4 cm³/mol. The molecular weight excluding hydrogens is 302 g/mol. The number of esters is 1. The summed E-state index contributed by atoms with van der Waals surface area (Å²) in [5.41, 5.74) is 0. The fourth-order valence-electron chi connectivity index (χ4n) is 2.76. The van der Waals surface area contributed by atoms with Crippen LogP contribution in [0.5, 0.6) is 0 Å². The Morgan fingerprint density at radius 3 is 2.81 bits per heavy atom. The first-order valence-corrected chi connectivity index (χ1v) is 9.89. The van der Waals surface area contributed by atoms with Crippen molar-refractivity contribution in [2.24, 2.45) is 11.8 Å². The number of thiol groups is 1. The first-order chi connectivity index (χ1) is 10.1. The SMILES string of the molecule is CN(C)CCCOC(=O)CCSCC1CCCC(CS)C1. The van der Waals surface area contributed by atoms with Gasteiger partial charge in [-0.25, -0.2) is 0 Å². The minimum atomic E-state index is -0.0434. The molecule has 0 heterocycles. The smallest absolute Gasteiger partial charge is 0.306 e. The van der Waals surface area contributed by atoms with Crippen LogP contribution in [0, 0.1) is 11.8 Å². The Morgan fingerprint density at radius 2 is 2.10 bits per heavy atom. The Bertz CT molecular complexity index is 287. The van der Waals surface area contributed by atoms with Gasteiger partial charge in [-0.15, -0.1) is 0 Å². The Morgan fingerprint density at radius 1 is 1.33 bits per heavy atom. The third-order valence-corrected chi connectivity index (χ3v) is 5.68. The highest BCUT2D eigenvalue weighted by molar-refractivity contribution is 7.99. The van der Waals surface area contributed by atoms with Crippen LogP contribution in [0.3, 0.4) is 0 Å². The van der Waals surface area contributed by atoms with Crippen molar-refractivity contribution in [3.63, 3.8) is 0 Å². The first kappa shape index (κ1) is 19.2. The second kappa shape index (κ2) is 11.7. The van der Waals surface area contributed by atoms with E-state index in [9.17, 15) is 4.79 Å². The zero-order chi connectivity index (χ0) is 15.5. The van der Waals surface area contributed by atoms with Gasteiger partial charge in [0.25, 0.3) is 0 Å². The second-order valence-corrected chi connectivity index (χ2v) is 7.80. The summed E-state index contributed by atoms with van der Waals surface area (Å²) < 4.78 is 5.23. The Balaban J connectivity index is 1.96. The summed E-state index contributed by atoms with van der Waals surface area (Å²) in [6.07, 6.45) is 6.85. The van der Waals surface area contributed by atoms with Crippen molar-refractivity contribution >= 4 is 30.4 Å². The average molecular weight is 334 g/mol. The third kappa shape index (κ3) is 9.69. The van der Waals surface area contributed by atoms with E-state index in [-0.39, 0.29) is 5.97 Å². The van der Waals surface area contributed by atoms with Gasteiger partial charge < -0.3 is 9.64 Å². The summed E-state index contributed by atoms with van der Waals surface area (Å²) in [5, 5.41) is 0. The number of nitrogens with zero attached hydrogens (tertiary/aromatic N) is 1. The quantitative estimate of drug-likeness (QED) is 0.377. The van der Waals surface area contributed by atoms with Gasteiger partial charge in [-0.05, 0) is 63.1 Å². The van der Waals surface area contributed by atoms with E-state index in [1.807, 2.05) is 25.9 Å². The maximum absolute atomic E-state index is 11.6. The van der Waals surface area contributed by atoms with Crippen molar-refractivity contribution in [1.29, 1.82) is 0 Å². The van der Waals surface area contributed by atoms with Crippen molar-refractivity contribution in [2.75, 3.05) is 44.5 Å². The highest BCUT2D eigenvalue weighted by atomic mass is 32.2. The summed E-state index contributed by atoms with van der Waals surface area (Å²) in [5.74, 6) is 4.72. The molecule has 0 aromatic rings. The molecule has 1 aliphatic carbocycles. The fraction of sp³-hybridized carbons (Fsp3) is 0.938. The number of thioether (sulfide) groups is 1. The fourth-order valence-corrected chi connectivity index (χ4v) is 4.21. The minimum absolute atomic E-state index is 0.0434. The first-order valence-electron chi connectivity index (χ1n) is 8.10. The van der Waals surface area contributed by atoms with Crippen LogP contribution in [0.15, 0.2) is 0 Å². The molecule has 1 saturated carbocycles. The van der Waals surface area contributed by atoms with Crippen molar-refractivity contribution in [2.45, 2.75) is 38.5 Å². The highest BCUT2D eigenvalue weighted by Crippen LogP contribution is 2.31. The van der Waals surface area contributed by atoms with Crippen LogP contribution in [-0.2, 0) is 9.53 Å². The molecule has 1 fully saturated rings. The van der Waals surface area contributed by atoms with E-state index in [1.165, 1.54) is 31.4 Å². The van der Waals surface area contributed by atoms with Crippen molar-refractivity contribution in [3.8, 4) is 0 Å². The average Bonchev–Trinajstić information content (AvgIpc) is 2.48. The molecule has 0 saturated heterocycles. The Labute approximate surface area is 140 Å². The van der Waals surface area contributed by atoms with Gasteiger partial charge in [-0.1, -0.05) is 6.42 Å². The molecule has 1 aliphatic rings. The molecule has 0 amide bonds. The van der Waals surface area contributed by atoms with Gasteiger partial charge in [-0.3, -0.25) is 4.79 Å². The summed E-state index contributed by atoms with van der Waals surface area (Å²) in [6.45, 7) is 1.52. The monoisotopic (exact) mass is 333 g/mol. The van der Waals surface area contributed by atoms with Crippen LogP contribution in [0.4, 0.5) is 0 Å². The summed E-state index contributed by atoms with van der Waals surface area (Å²) in [6, 6.07) is 0. The summed E-state index contributed by atoms with van der Waals surface area (Å²) in [7, 11) is 4.06. The molecule has 0 radical (unpaired) electrons. The van der Waals surface area contributed by atoms with E-state index >= 15 is 0 Å². The predicted octanol–water partition coefficient (Wildman–Crippen LogP) is 3.34. The topological polar surface area (TPSA) is 29.5 Å². The molecule has 0 N–H and O–H groups in total. The number of carbonyl (C=O) groups is 1. The molecule has 124 valence electrons. The van der Waals surface area contributed by atoms with Crippen LogP contribution >= 0.6 is 24.4 Å². The molecule has 0 bridgehead atoms. The van der Waals surface area contributed by atoms with Crippen molar-refractivity contribution < 1.29 is 9.53 Å². The van der Waals surface area contributed by atoms with E-state index in [1.54, 1.807) is 0 Å². The van der Waals surface area contributed by atoms with E-state index in [2.05, 4.69) is 17.5 Å². The number of hydrogen-bond acceptors (Lipinski definition) is 5. The number of hydrogen-bond donors (Lipinski definition) is 1. The lowest BCUT2D eigenvalue weighted by Crippen LogP contribution is -2.19. The van der Waals surface area contributed by atoms with E-state index < -0.39 is 0 Å². The lowest BCUT2D eigenvalue weighted by atomic mass is 9.83. The molecule has 3 nitrogen and oxygen atoms in total. The van der Waals surface area contributed by atoms with Gasteiger partial charge >= 0.3 is 5.97 Å². The van der Waals surface area contributed by atoms with Gasteiger partial charge in [0, 0.05) is 12.3 Å². The van der Waals surface area contributed by atoms with Gasteiger partial charge in [0.2, 0.25) is 0 Å². The molecule has 0 aliphatic heterocycles. The summed E-state index contributed by atoms with van der Waals surface area (Å²) in [4.78, 5) is 13.7. The lowest BCUT2D eigenvalue weighted by molar-refractivity contribution is -0.143. The molecule has 21 heavy (non-hydrogen) atoms.